The minimum absolute atomic E-state index is 0.159. The monoisotopic (exact) mass is 273 g/mol. The van der Waals surface area contributed by atoms with E-state index in [-0.39, 0.29) is 6.61 Å². The molecule has 5 heteroatoms. The molecule has 1 aromatic carbocycles. The summed E-state index contributed by atoms with van der Waals surface area (Å²) in [7, 11) is 0. The molecule has 1 unspecified atom stereocenters. The first-order chi connectivity index (χ1) is 7.13. The molecule has 4 nitrogen and oxygen atoms in total. The van der Waals surface area contributed by atoms with Crippen molar-refractivity contribution in [1.82, 2.24) is 0 Å². The molecule has 0 fully saturated rings. The standard InChI is InChI=1S/C10H12BrNO3/c11-8-3-1-2-7(4-8)6-15-10(14)9(12)5-13/h1-4,9,13H,5-6,12H2. The van der Waals surface area contributed by atoms with Gasteiger partial charge >= 0.3 is 5.97 Å². The number of esters is 1. The summed E-state index contributed by atoms with van der Waals surface area (Å²) in [6, 6.07) is 6.45. The Morgan fingerprint density at radius 3 is 2.93 bits per heavy atom. The average Bonchev–Trinajstić information content (AvgIpc) is 2.25. The molecule has 0 amide bonds. The van der Waals surface area contributed by atoms with E-state index in [9.17, 15) is 4.79 Å². The third-order valence-electron chi connectivity index (χ3n) is 1.77. The molecule has 1 rings (SSSR count). The van der Waals surface area contributed by atoms with Gasteiger partial charge in [-0.2, -0.15) is 0 Å². The number of benzene rings is 1. The van der Waals surface area contributed by atoms with Gasteiger partial charge in [-0.15, -0.1) is 0 Å². The second-order valence-corrected chi connectivity index (χ2v) is 3.94. The number of rotatable bonds is 4. The van der Waals surface area contributed by atoms with Crippen LogP contribution < -0.4 is 5.73 Å². The zero-order valence-corrected chi connectivity index (χ0v) is 9.61. The average molecular weight is 274 g/mol. The van der Waals surface area contributed by atoms with Crippen molar-refractivity contribution in [3.63, 3.8) is 0 Å². The molecule has 1 atom stereocenters. The third-order valence-corrected chi connectivity index (χ3v) is 2.26. The van der Waals surface area contributed by atoms with Crippen LogP contribution in [0.2, 0.25) is 0 Å². The van der Waals surface area contributed by atoms with E-state index in [0.29, 0.717) is 0 Å². The Bertz CT molecular complexity index is 343. The van der Waals surface area contributed by atoms with E-state index < -0.39 is 18.6 Å². The van der Waals surface area contributed by atoms with Crippen LogP contribution in [0.3, 0.4) is 0 Å². The summed E-state index contributed by atoms with van der Waals surface area (Å²) in [5, 5.41) is 8.61. The highest BCUT2D eigenvalue weighted by atomic mass is 79.9. The van der Waals surface area contributed by atoms with Crippen molar-refractivity contribution in [2.45, 2.75) is 12.6 Å². The summed E-state index contributed by atoms with van der Waals surface area (Å²) in [5.41, 5.74) is 6.14. The molecular formula is C10H12BrNO3. The maximum Gasteiger partial charge on any atom is 0.325 e. The quantitative estimate of drug-likeness (QED) is 0.797. The molecule has 0 radical (unpaired) electrons. The smallest absolute Gasteiger partial charge is 0.325 e. The fourth-order valence-corrected chi connectivity index (χ4v) is 1.41. The van der Waals surface area contributed by atoms with Crippen molar-refractivity contribution in [2.75, 3.05) is 6.61 Å². The van der Waals surface area contributed by atoms with Crippen LogP contribution in [0, 0.1) is 0 Å². The lowest BCUT2D eigenvalue weighted by atomic mass is 10.2. The van der Waals surface area contributed by atoms with Crippen LogP contribution in [-0.2, 0) is 16.1 Å². The number of hydrogen-bond donors (Lipinski definition) is 2. The van der Waals surface area contributed by atoms with Crippen molar-refractivity contribution in [3.8, 4) is 0 Å². The van der Waals surface area contributed by atoms with Crippen LogP contribution in [0.5, 0.6) is 0 Å². The van der Waals surface area contributed by atoms with E-state index in [1.807, 2.05) is 24.3 Å². The van der Waals surface area contributed by atoms with Crippen LogP contribution in [0.1, 0.15) is 5.56 Å². The predicted octanol–water partition coefficient (Wildman–Crippen LogP) is 0.812. The molecule has 15 heavy (non-hydrogen) atoms. The highest BCUT2D eigenvalue weighted by Crippen LogP contribution is 2.12. The second kappa shape index (κ2) is 5.85. The first kappa shape index (κ1) is 12.2. The molecule has 0 aromatic heterocycles. The molecule has 0 bridgehead atoms. The summed E-state index contributed by atoms with van der Waals surface area (Å²) >= 11 is 3.31. The Balaban J connectivity index is 2.47. The normalized spacial score (nSPS) is 12.2. The molecule has 0 aliphatic carbocycles. The Hall–Kier alpha value is -0.910. The molecule has 0 saturated heterocycles. The van der Waals surface area contributed by atoms with Gasteiger partial charge in [0.2, 0.25) is 0 Å². The van der Waals surface area contributed by atoms with Gasteiger partial charge in [-0.25, -0.2) is 0 Å². The summed E-state index contributed by atoms with van der Waals surface area (Å²) < 4.78 is 5.81. The van der Waals surface area contributed by atoms with Gasteiger partial charge < -0.3 is 15.6 Å². The Kier molecular flexibility index (Phi) is 4.74. The van der Waals surface area contributed by atoms with Gasteiger partial charge in [0.1, 0.15) is 12.6 Å². The summed E-state index contributed by atoms with van der Waals surface area (Å²) in [6.07, 6.45) is 0. The topological polar surface area (TPSA) is 72.5 Å². The maximum atomic E-state index is 11.1. The Morgan fingerprint density at radius 2 is 2.33 bits per heavy atom. The third kappa shape index (κ3) is 3.99. The number of aliphatic hydroxyl groups excluding tert-OH is 1. The number of hydrogen-bond acceptors (Lipinski definition) is 4. The Morgan fingerprint density at radius 1 is 1.60 bits per heavy atom. The number of ether oxygens (including phenoxy) is 1. The Labute approximate surface area is 96.2 Å². The van der Waals surface area contributed by atoms with Crippen LogP contribution in [-0.4, -0.2) is 23.7 Å². The van der Waals surface area contributed by atoms with Crippen molar-refractivity contribution in [2.24, 2.45) is 5.73 Å². The minimum atomic E-state index is -0.961. The molecule has 0 spiro atoms. The zero-order chi connectivity index (χ0) is 11.3. The zero-order valence-electron chi connectivity index (χ0n) is 8.02. The lowest BCUT2D eigenvalue weighted by molar-refractivity contribution is -0.147. The highest BCUT2D eigenvalue weighted by molar-refractivity contribution is 9.10. The summed E-state index contributed by atoms with van der Waals surface area (Å²) in [4.78, 5) is 11.1. The van der Waals surface area contributed by atoms with E-state index in [1.54, 1.807) is 0 Å². The lowest BCUT2D eigenvalue weighted by Crippen LogP contribution is -2.35. The SMILES string of the molecule is NC(CO)C(=O)OCc1cccc(Br)c1. The number of aliphatic hydroxyl groups is 1. The van der Waals surface area contributed by atoms with E-state index >= 15 is 0 Å². The van der Waals surface area contributed by atoms with Gasteiger partial charge in [0.25, 0.3) is 0 Å². The fourth-order valence-electron chi connectivity index (χ4n) is 0.963. The van der Waals surface area contributed by atoms with Crippen LogP contribution in [0.4, 0.5) is 0 Å². The van der Waals surface area contributed by atoms with Gasteiger partial charge in [-0.05, 0) is 17.7 Å². The van der Waals surface area contributed by atoms with Crippen molar-refractivity contribution < 1.29 is 14.6 Å². The van der Waals surface area contributed by atoms with Gasteiger partial charge in [0.05, 0.1) is 6.61 Å². The molecule has 0 saturated carbocycles. The van der Waals surface area contributed by atoms with Crippen LogP contribution in [0.15, 0.2) is 28.7 Å². The molecular weight excluding hydrogens is 262 g/mol. The largest absolute Gasteiger partial charge is 0.460 e. The fraction of sp³-hybridized carbons (Fsp3) is 0.300. The molecule has 0 aliphatic rings. The lowest BCUT2D eigenvalue weighted by Gasteiger charge is -2.08. The first-order valence-corrected chi connectivity index (χ1v) is 5.20. The highest BCUT2D eigenvalue weighted by Gasteiger charge is 2.13. The molecule has 1 aromatic rings. The molecule has 82 valence electrons. The molecule has 0 aliphatic heterocycles. The number of carbonyl (C=O) groups excluding carboxylic acids is 1. The summed E-state index contributed by atoms with van der Waals surface area (Å²) in [6.45, 7) is -0.247. The second-order valence-electron chi connectivity index (χ2n) is 3.03. The number of carbonyl (C=O) groups is 1. The maximum absolute atomic E-state index is 11.1. The van der Waals surface area contributed by atoms with Crippen molar-refractivity contribution in [1.29, 1.82) is 0 Å². The minimum Gasteiger partial charge on any atom is -0.460 e. The molecule has 3 N–H and O–H groups in total. The summed E-state index contributed by atoms with van der Waals surface area (Å²) in [5.74, 6) is -0.600. The van der Waals surface area contributed by atoms with Gasteiger partial charge in [-0.3, -0.25) is 4.79 Å². The van der Waals surface area contributed by atoms with E-state index in [4.69, 9.17) is 15.6 Å². The molecule has 0 heterocycles. The first-order valence-electron chi connectivity index (χ1n) is 4.41. The predicted molar refractivity (Wildman–Crippen MR) is 59.0 cm³/mol. The van der Waals surface area contributed by atoms with E-state index in [0.717, 1.165) is 10.0 Å². The van der Waals surface area contributed by atoms with Gasteiger partial charge in [0, 0.05) is 4.47 Å². The van der Waals surface area contributed by atoms with E-state index in [1.165, 1.54) is 0 Å². The number of nitrogens with two attached hydrogens (primary N) is 1. The van der Waals surface area contributed by atoms with Crippen molar-refractivity contribution >= 4 is 21.9 Å². The van der Waals surface area contributed by atoms with Crippen LogP contribution in [0.25, 0.3) is 0 Å². The van der Waals surface area contributed by atoms with Crippen molar-refractivity contribution in [3.05, 3.63) is 34.3 Å². The van der Waals surface area contributed by atoms with Gasteiger partial charge in [-0.1, -0.05) is 28.1 Å². The van der Waals surface area contributed by atoms with Crippen LogP contribution >= 0.6 is 15.9 Å². The number of halogens is 1. The van der Waals surface area contributed by atoms with Gasteiger partial charge in [0.15, 0.2) is 0 Å². The van der Waals surface area contributed by atoms with E-state index in [2.05, 4.69) is 15.9 Å².